The van der Waals surface area contributed by atoms with E-state index in [1.165, 1.54) is 5.69 Å². The zero-order chi connectivity index (χ0) is 13.1. The molecule has 98 valence electrons. The highest BCUT2D eigenvalue weighted by atomic mass is 79.9. The van der Waals surface area contributed by atoms with E-state index in [1.54, 1.807) is 0 Å². The third-order valence-corrected chi connectivity index (χ3v) is 4.04. The number of nitrogens with zero attached hydrogens (tertiary/aromatic N) is 1. The van der Waals surface area contributed by atoms with Gasteiger partial charge in [-0.1, -0.05) is 19.1 Å². The lowest BCUT2D eigenvalue weighted by atomic mass is 10.1. The lowest BCUT2D eigenvalue weighted by Gasteiger charge is -2.34. The van der Waals surface area contributed by atoms with Gasteiger partial charge in [0.05, 0.1) is 18.4 Å². The van der Waals surface area contributed by atoms with Crippen molar-refractivity contribution in [1.82, 2.24) is 0 Å². The number of halogens is 1. The van der Waals surface area contributed by atoms with Crippen LogP contribution < -0.4 is 10.6 Å². The van der Waals surface area contributed by atoms with E-state index in [1.807, 2.05) is 12.1 Å². The van der Waals surface area contributed by atoms with Gasteiger partial charge in [0.15, 0.2) is 0 Å². The molecular weight excluding hydrogens is 312 g/mol. The zero-order valence-corrected chi connectivity index (χ0v) is 12.8. The predicted molar refractivity (Wildman–Crippen MR) is 82.3 cm³/mol. The Balaban J connectivity index is 2.20. The molecular formula is C13H17BrN2OS. The van der Waals surface area contributed by atoms with Crippen molar-refractivity contribution in [3.8, 4) is 0 Å². The third-order valence-electron chi connectivity index (χ3n) is 3.17. The van der Waals surface area contributed by atoms with Gasteiger partial charge in [-0.2, -0.15) is 0 Å². The SMILES string of the molecule is CCC1CN(c2ccc(C(N)=S)cc2Br)CCO1. The smallest absolute Gasteiger partial charge is 0.104 e. The Labute approximate surface area is 121 Å². The molecule has 0 radical (unpaired) electrons. The van der Waals surface area contributed by atoms with Gasteiger partial charge in [-0.05, 0) is 40.5 Å². The summed E-state index contributed by atoms with van der Waals surface area (Å²) in [7, 11) is 0. The molecule has 0 saturated carbocycles. The van der Waals surface area contributed by atoms with Gasteiger partial charge in [-0.25, -0.2) is 0 Å². The molecule has 1 saturated heterocycles. The molecule has 18 heavy (non-hydrogen) atoms. The molecule has 0 spiro atoms. The fourth-order valence-corrected chi connectivity index (χ4v) is 2.86. The Morgan fingerprint density at radius 3 is 3.00 bits per heavy atom. The quantitative estimate of drug-likeness (QED) is 0.866. The fraction of sp³-hybridized carbons (Fsp3) is 0.462. The minimum Gasteiger partial charge on any atom is -0.389 e. The standard InChI is InChI=1S/C13H17BrN2OS/c1-2-10-8-16(5-6-17-10)12-4-3-9(13(15)18)7-11(12)14/h3-4,7,10H,2,5-6,8H2,1H3,(H2,15,18). The number of nitrogens with two attached hydrogens (primary N) is 1. The van der Waals surface area contributed by atoms with Crippen LogP contribution in [0.4, 0.5) is 5.69 Å². The topological polar surface area (TPSA) is 38.5 Å². The minimum atomic E-state index is 0.320. The van der Waals surface area contributed by atoms with Gasteiger partial charge in [0.2, 0.25) is 0 Å². The Bertz CT molecular complexity index is 453. The van der Waals surface area contributed by atoms with Crippen molar-refractivity contribution in [1.29, 1.82) is 0 Å². The molecule has 5 heteroatoms. The van der Waals surface area contributed by atoms with Crippen LogP contribution in [0.5, 0.6) is 0 Å². The van der Waals surface area contributed by atoms with Crippen LogP contribution >= 0.6 is 28.1 Å². The van der Waals surface area contributed by atoms with Crippen molar-refractivity contribution in [2.45, 2.75) is 19.4 Å². The van der Waals surface area contributed by atoms with Crippen LogP contribution in [0.1, 0.15) is 18.9 Å². The molecule has 1 heterocycles. The number of hydrogen-bond acceptors (Lipinski definition) is 3. The van der Waals surface area contributed by atoms with Gasteiger partial charge >= 0.3 is 0 Å². The van der Waals surface area contributed by atoms with Gasteiger partial charge in [0.25, 0.3) is 0 Å². The van der Waals surface area contributed by atoms with E-state index in [0.29, 0.717) is 11.1 Å². The summed E-state index contributed by atoms with van der Waals surface area (Å²) >= 11 is 8.58. The van der Waals surface area contributed by atoms with Gasteiger partial charge in [-0.3, -0.25) is 0 Å². The maximum absolute atomic E-state index is 5.68. The van der Waals surface area contributed by atoms with Gasteiger partial charge in [0, 0.05) is 23.1 Å². The van der Waals surface area contributed by atoms with Crippen LogP contribution in [0.25, 0.3) is 0 Å². The normalized spacial score (nSPS) is 19.9. The maximum Gasteiger partial charge on any atom is 0.104 e. The van der Waals surface area contributed by atoms with Gasteiger partial charge in [-0.15, -0.1) is 0 Å². The molecule has 0 amide bonds. The fourth-order valence-electron chi connectivity index (χ4n) is 2.10. The minimum absolute atomic E-state index is 0.320. The highest BCUT2D eigenvalue weighted by Gasteiger charge is 2.20. The zero-order valence-electron chi connectivity index (χ0n) is 10.4. The monoisotopic (exact) mass is 328 g/mol. The molecule has 0 aromatic heterocycles. The predicted octanol–water partition coefficient (Wildman–Crippen LogP) is 2.70. The summed E-state index contributed by atoms with van der Waals surface area (Å²) < 4.78 is 6.71. The summed E-state index contributed by atoms with van der Waals surface area (Å²) in [5.41, 5.74) is 7.70. The highest BCUT2D eigenvalue weighted by Crippen LogP contribution is 2.29. The molecule has 1 unspecified atom stereocenters. The van der Waals surface area contributed by atoms with Crippen molar-refractivity contribution in [2.75, 3.05) is 24.6 Å². The Hall–Kier alpha value is -0.650. The number of morpholine rings is 1. The summed E-state index contributed by atoms with van der Waals surface area (Å²) in [5.74, 6) is 0. The first-order chi connectivity index (χ1) is 8.61. The summed E-state index contributed by atoms with van der Waals surface area (Å²) in [5, 5.41) is 0. The van der Waals surface area contributed by atoms with Gasteiger partial charge < -0.3 is 15.4 Å². The van der Waals surface area contributed by atoms with Crippen LogP contribution in [0, 0.1) is 0 Å². The second-order valence-electron chi connectivity index (χ2n) is 4.38. The Kier molecular flexibility index (Phi) is 4.59. The molecule has 1 aromatic rings. The summed E-state index contributed by atoms with van der Waals surface area (Å²) in [4.78, 5) is 2.76. The first kappa shape index (κ1) is 13.8. The Morgan fingerprint density at radius 2 is 2.39 bits per heavy atom. The molecule has 2 N–H and O–H groups in total. The number of hydrogen-bond donors (Lipinski definition) is 1. The number of thiocarbonyl (C=S) groups is 1. The largest absolute Gasteiger partial charge is 0.389 e. The molecule has 1 aliphatic rings. The number of anilines is 1. The van der Waals surface area contributed by atoms with Crippen LogP contribution in [-0.2, 0) is 4.74 Å². The van der Waals surface area contributed by atoms with Crippen LogP contribution in [0.2, 0.25) is 0 Å². The second-order valence-corrected chi connectivity index (χ2v) is 5.67. The van der Waals surface area contributed by atoms with E-state index in [-0.39, 0.29) is 0 Å². The summed E-state index contributed by atoms with van der Waals surface area (Å²) in [6.45, 7) is 4.78. The molecule has 3 nitrogen and oxygen atoms in total. The molecule has 1 aliphatic heterocycles. The summed E-state index contributed by atoms with van der Waals surface area (Å²) in [6.07, 6.45) is 1.36. The van der Waals surface area contributed by atoms with Crippen LogP contribution in [0.15, 0.2) is 22.7 Å². The highest BCUT2D eigenvalue weighted by molar-refractivity contribution is 9.10. The number of rotatable bonds is 3. The van der Waals surface area contributed by atoms with E-state index >= 15 is 0 Å². The average Bonchev–Trinajstić information content (AvgIpc) is 2.38. The van der Waals surface area contributed by atoms with Crippen molar-refractivity contribution in [3.05, 3.63) is 28.2 Å². The first-order valence-electron chi connectivity index (χ1n) is 6.07. The molecule has 1 fully saturated rings. The molecule has 1 atom stereocenters. The third kappa shape index (κ3) is 3.02. The van der Waals surface area contributed by atoms with E-state index in [9.17, 15) is 0 Å². The van der Waals surface area contributed by atoms with Gasteiger partial charge in [0.1, 0.15) is 4.99 Å². The van der Waals surface area contributed by atoms with Crippen molar-refractivity contribution in [2.24, 2.45) is 5.73 Å². The first-order valence-corrected chi connectivity index (χ1v) is 7.28. The molecule has 1 aromatic carbocycles. The lowest BCUT2D eigenvalue weighted by molar-refractivity contribution is 0.0384. The van der Waals surface area contributed by atoms with Crippen molar-refractivity contribution in [3.63, 3.8) is 0 Å². The lowest BCUT2D eigenvalue weighted by Crippen LogP contribution is -2.42. The van der Waals surface area contributed by atoms with Crippen LogP contribution in [0.3, 0.4) is 0 Å². The second kappa shape index (κ2) is 5.99. The number of ether oxygens (including phenoxy) is 1. The molecule has 0 aliphatic carbocycles. The van der Waals surface area contributed by atoms with E-state index < -0.39 is 0 Å². The maximum atomic E-state index is 5.68. The molecule has 2 rings (SSSR count). The molecule has 0 bridgehead atoms. The average molecular weight is 329 g/mol. The van der Waals surface area contributed by atoms with E-state index in [4.69, 9.17) is 22.7 Å². The van der Waals surface area contributed by atoms with E-state index in [0.717, 1.165) is 36.2 Å². The van der Waals surface area contributed by atoms with E-state index in [2.05, 4.69) is 33.8 Å². The Morgan fingerprint density at radius 1 is 1.61 bits per heavy atom. The van der Waals surface area contributed by atoms with Crippen molar-refractivity contribution >= 4 is 38.8 Å². The van der Waals surface area contributed by atoms with Crippen LogP contribution in [-0.4, -0.2) is 30.8 Å². The number of benzene rings is 1. The van der Waals surface area contributed by atoms with Crippen molar-refractivity contribution < 1.29 is 4.74 Å². The summed E-state index contributed by atoms with van der Waals surface area (Å²) in [6, 6.07) is 6.02.